The topological polar surface area (TPSA) is 123 Å². The van der Waals surface area contributed by atoms with Gasteiger partial charge in [0.2, 0.25) is 5.95 Å². The molecule has 1 aromatic heterocycles. The summed E-state index contributed by atoms with van der Waals surface area (Å²) in [6.07, 6.45) is 6.29. The summed E-state index contributed by atoms with van der Waals surface area (Å²) < 4.78 is 5.34. The van der Waals surface area contributed by atoms with Gasteiger partial charge in [0.05, 0.1) is 24.2 Å². The van der Waals surface area contributed by atoms with Crippen molar-refractivity contribution in [2.75, 3.05) is 29.3 Å². The molecule has 1 aromatic carbocycles. The number of aliphatic hydroxyl groups is 1. The first-order valence-corrected chi connectivity index (χ1v) is 8.45. The summed E-state index contributed by atoms with van der Waals surface area (Å²) in [5, 5.41) is 13.6. The third kappa shape index (κ3) is 4.28. The van der Waals surface area contributed by atoms with Gasteiger partial charge in [0.15, 0.2) is 5.82 Å². The minimum Gasteiger partial charge on any atom is -0.491 e. The van der Waals surface area contributed by atoms with Crippen LogP contribution >= 0.6 is 0 Å². The number of aromatic nitrogens is 2. The molecule has 0 spiro atoms. The highest BCUT2D eigenvalue weighted by molar-refractivity contribution is 5.70. The summed E-state index contributed by atoms with van der Waals surface area (Å²) in [6.45, 7) is 0.222. The van der Waals surface area contributed by atoms with Crippen LogP contribution in [0, 0.1) is 0 Å². The van der Waals surface area contributed by atoms with Crippen molar-refractivity contribution >= 4 is 23.1 Å². The van der Waals surface area contributed by atoms with E-state index in [9.17, 15) is 0 Å². The van der Waals surface area contributed by atoms with E-state index in [0.717, 1.165) is 12.8 Å². The molecule has 25 heavy (non-hydrogen) atoms. The fourth-order valence-electron chi connectivity index (χ4n) is 2.89. The molecule has 0 aliphatic heterocycles. The summed E-state index contributed by atoms with van der Waals surface area (Å²) in [4.78, 5) is 8.73. The Kier molecular flexibility index (Phi) is 5.52. The molecule has 1 fully saturated rings. The minimum atomic E-state index is -0.0288. The van der Waals surface area contributed by atoms with Crippen LogP contribution in [0.2, 0.25) is 0 Å². The number of benzene rings is 1. The van der Waals surface area contributed by atoms with Gasteiger partial charge in [0.25, 0.3) is 0 Å². The molecular weight excluding hydrogens is 320 g/mol. The Hall–Kier alpha value is -2.58. The molecule has 0 saturated heterocycles. The zero-order valence-electron chi connectivity index (χ0n) is 14.1. The molecule has 8 heteroatoms. The molecule has 1 aliphatic carbocycles. The maximum absolute atomic E-state index is 8.79. The third-order valence-electron chi connectivity index (χ3n) is 4.19. The van der Waals surface area contributed by atoms with Crippen LogP contribution in [0.25, 0.3) is 0 Å². The van der Waals surface area contributed by atoms with E-state index in [2.05, 4.69) is 15.3 Å². The third-order valence-corrected chi connectivity index (χ3v) is 4.19. The van der Waals surface area contributed by atoms with Crippen molar-refractivity contribution in [1.82, 2.24) is 9.97 Å². The van der Waals surface area contributed by atoms with E-state index in [4.69, 9.17) is 21.4 Å². The summed E-state index contributed by atoms with van der Waals surface area (Å²) in [5.74, 6) is 7.84. The average molecular weight is 344 g/mol. The highest BCUT2D eigenvalue weighted by Gasteiger charge is 2.17. The molecule has 134 valence electrons. The SMILES string of the molecule is Nc1cnc(NC2CCCC2)nc1N(N)c1ccc(OCCO)cc1. The lowest BCUT2D eigenvalue weighted by atomic mass is 10.2. The van der Waals surface area contributed by atoms with Gasteiger partial charge in [0, 0.05) is 6.04 Å². The number of aliphatic hydroxyl groups excluding tert-OH is 1. The molecule has 1 aliphatic rings. The Balaban J connectivity index is 1.74. The molecule has 0 atom stereocenters. The molecule has 8 nitrogen and oxygen atoms in total. The van der Waals surface area contributed by atoms with Crippen molar-refractivity contribution in [1.29, 1.82) is 0 Å². The van der Waals surface area contributed by atoms with Gasteiger partial charge in [-0.2, -0.15) is 4.98 Å². The highest BCUT2D eigenvalue weighted by Crippen LogP contribution is 2.28. The number of nitrogen functional groups attached to an aromatic ring is 1. The van der Waals surface area contributed by atoms with Crippen molar-refractivity contribution < 1.29 is 9.84 Å². The van der Waals surface area contributed by atoms with Gasteiger partial charge in [-0.15, -0.1) is 0 Å². The first-order chi connectivity index (χ1) is 12.2. The van der Waals surface area contributed by atoms with Gasteiger partial charge in [-0.1, -0.05) is 12.8 Å². The second-order valence-corrected chi connectivity index (χ2v) is 6.03. The molecule has 0 unspecified atom stereocenters. The van der Waals surface area contributed by atoms with Crippen LogP contribution in [0.1, 0.15) is 25.7 Å². The van der Waals surface area contributed by atoms with Crippen LogP contribution in [0.3, 0.4) is 0 Å². The lowest BCUT2D eigenvalue weighted by molar-refractivity contribution is 0.201. The number of ether oxygens (including phenoxy) is 1. The smallest absolute Gasteiger partial charge is 0.225 e. The number of nitrogens with two attached hydrogens (primary N) is 2. The van der Waals surface area contributed by atoms with E-state index in [0.29, 0.717) is 34.9 Å². The van der Waals surface area contributed by atoms with Gasteiger partial charge in [0.1, 0.15) is 12.4 Å². The van der Waals surface area contributed by atoms with Crippen molar-refractivity contribution in [2.24, 2.45) is 5.84 Å². The van der Waals surface area contributed by atoms with Crippen molar-refractivity contribution in [2.45, 2.75) is 31.7 Å². The van der Waals surface area contributed by atoms with Crippen LogP contribution < -0.4 is 26.6 Å². The molecule has 0 radical (unpaired) electrons. The fraction of sp³-hybridized carbons (Fsp3) is 0.412. The van der Waals surface area contributed by atoms with E-state index in [1.54, 1.807) is 30.5 Å². The number of nitrogens with zero attached hydrogens (tertiary/aromatic N) is 3. The predicted molar refractivity (Wildman–Crippen MR) is 97.7 cm³/mol. The van der Waals surface area contributed by atoms with Gasteiger partial charge in [-0.05, 0) is 37.1 Å². The minimum absolute atomic E-state index is 0.0288. The summed E-state index contributed by atoms with van der Waals surface area (Å²) >= 11 is 0. The van der Waals surface area contributed by atoms with Crippen LogP contribution in [-0.2, 0) is 0 Å². The molecule has 1 saturated carbocycles. The molecule has 1 heterocycles. The van der Waals surface area contributed by atoms with E-state index in [1.165, 1.54) is 17.9 Å². The fourth-order valence-corrected chi connectivity index (χ4v) is 2.89. The molecule has 0 bridgehead atoms. The van der Waals surface area contributed by atoms with E-state index >= 15 is 0 Å². The van der Waals surface area contributed by atoms with Crippen molar-refractivity contribution in [3.8, 4) is 5.75 Å². The maximum Gasteiger partial charge on any atom is 0.225 e. The largest absolute Gasteiger partial charge is 0.491 e. The zero-order chi connectivity index (χ0) is 17.6. The molecule has 0 amide bonds. The Morgan fingerprint density at radius 3 is 2.64 bits per heavy atom. The summed E-state index contributed by atoms with van der Waals surface area (Å²) in [7, 11) is 0. The molecule has 6 N–H and O–H groups in total. The lowest BCUT2D eigenvalue weighted by Gasteiger charge is -2.21. The number of anilines is 4. The molecule has 2 aromatic rings. The number of nitrogens with one attached hydrogen (secondary N) is 1. The van der Waals surface area contributed by atoms with Gasteiger partial charge < -0.3 is 20.9 Å². The number of rotatable bonds is 7. The van der Waals surface area contributed by atoms with Crippen LogP contribution in [0.5, 0.6) is 5.75 Å². The number of hydrazine groups is 1. The predicted octanol–water partition coefficient (Wildman–Crippen LogP) is 1.80. The highest BCUT2D eigenvalue weighted by atomic mass is 16.5. The Morgan fingerprint density at radius 2 is 1.96 bits per heavy atom. The second-order valence-electron chi connectivity index (χ2n) is 6.03. The number of hydrogen-bond donors (Lipinski definition) is 4. The maximum atomic E-state index is 8.79. The quantitative estimate of drug-likeness (QED) is 0.443. The Bertz CT molecular complexity index is 688. The van der Waals surface area contributed by atoms with Gasteiger partial charge in [-0.3, -0.25) is 5.01 Å². The lowest BCUT2D eigenvalue weighted by Crippen LogP contribution is -2.28. The van der Waals surface area contributed by atoms with Gasteiger partial charge in [-0.25, -0.2) is 10.8 Å². The van der Waals surface area contributed by atoms with Crippen LogP contribution in [0.15, 0.2) is 30.5 Å². The van der Waals surface area contributed by atoms with Crippen molar-refractivity contribution in [3.05, 3.63) is 30.5 Å². The van der Waals surface area contributed by atoms with Crippen LogP contribution in [0.4, 0.5) is 23.1 Å². The zero-order valence-corrected chi connectivity index (χ0v) is 14.1. The van der Waals surface area contributed by atoms with E-state index in [1.807, 2.05) is 0 Å². The first-order valence-electron chi connectivity index (χ1n) is 8.45. The summed E-state index contributed by atoms with van der Waals surface area (Å²) in [6, 6.07) is 7.57. The summed E-state index contributed by atoms with van der Waals surface area (Å²) in [5.41, 5.74) is 7.12. The molecule has 3 rings (SSSR count). The normalized spacial score (nSPS) is 14.5. The Labute approximate surface area is 146 Å². The van der Waals surface area contributed by atoms with Crippen LogP contribution in [-0.4, -0.2) is 34.3 Å². The standard InChI is InChI=1S/C17H24N6O2/c18-15-11-20-17(21-12-3-1-2-4-12)22-16(15)23(19)13-5-7-14(8-6-13)25-10-9-24/h5-8,11-12,24H,1-4,9-10,18-19H2,(H,20,21,22). The second kappa shape index (κ2) is 8.00. The Morgan fingerprint density at radius 1 is 1.24 bits per heavy atom. The average Bonchev–Trinajstić information content (AvgIpc) is 3.14. The van der Waals surface area contributed by atoms with Crippen molar-refractivity contribution in [3.63, 3.8) is 0 Å². The van der Waals surface area contributed by atoms with E-state index < -0.39 is 0 Å². The monoisotopic (exact) mass is 344 g/mol. The van der Waals surface area contributed by atoms with E-state index in [-0.39, 0.29) is 13.2 Å². The van der Waals surface area contributed by atoms with Gasteiger partial charge >= 0.3 is 0 Å². The first kappa shape index (κ1) is 17.2. The number of hydrogen-bond acceptors (Lipinski definition) is 8. The molecular formula is C17H24N6O2.